The Morgan fingerprint density at radius 1 is 1.03 bits per heavy atom. The molecule has 8 heteroatoms. The van der Waals surface area contributed by atoms with Gasteiger partial charge in [0.1, 0.15) is 5.75 Å². The van der Waals surface area contributed by atoms with Crippen LogP contribution >= 0.6 is 12.2 Å². The minimum atomic E-state index is -0.351. The van der Waals surface area contributed by atoms with E-state index in [0.29, 0.717) is 48.2 Å². The molecule has 7 nitrogen and oxygen atoms in total. The molecule has 0 heterocycles. The summed E-state index contributed by atoms with van der Waals surface area (Å²) in [6, 6.07) is 13.7. The smallest absolute Gasteiger partial charge is 0.257 e. The van der Waals surface area contributed by atoms with Crippen molar-refractivity contribution in [2.45, 2.75) is 13.8 Å². The number of thiocarbonyl (C=S) groups is 1. The summed E-state index contributed by atoms with van der Waals surface area (Å²) in [7, 11) is 1.57. The van der Waals surface area contributed by atoms with Crippen LogP contribution in [-0.4, -0.2) is 43.8 Å². The second kappa shape index (κ2) is 11.9. The summed E-state index contributed by atoms with van der Waals surface area (Å²) in [5.41, 5.74) is 1.50. The Bertz CT molecular complexity index is 886. The zero-order valence-electron chi connectivity index (χ0n) is 17.4. The number of benzene rings is 2. The first kappa shape index (κ1) is 23.3. The fourth-order valence-electron chi connectivity index (χ4n) is 2.43. The largest absolute Gasteiger partial charge is 0.493 e. The van der Waals surface area contributed by atoms with Gasteiger partial charge in [-0.15, -0.1) is 0 Å². The number of carbonyl (C=O) groups excluding carboxylic acids is 2. The van der Waals surface area contributed by atoms with Crippen molar-refractivity contribution in [3.8, 4) is 5.75 Å². The third kappa shape index (κ3) is 7.81. The van der Waals surface area contributed by atoms with Crippen LogP contribution in [0, 0.1) is 5.92 Å². The van der Waals surface area contributed by atoms with Gasteiger partial charge in [-0.3, -0.25) is 14.9 Å². The molecule has 2 rings (SSSR count). The molecule has 160 valence electrons. The van der Waals surface area contributed by atoms with Gasteiger partial charge in [-0.25, -0.2) is 0 Å². The van der Waals surface area contributed by atoms with E-state index in [0.717, 1.165) is 0 Å². The van der Waals surface area contributed by atoms with Crippen LogP contribution in [0.5, 0.6) is 5.75 Å². The predicted octanol–water partition coefficient (Wildman–Crippen LogP) is 3.22. The first-order valence-electron chi connectivity index (χ1n) is 9.61. The number of ether oxygens (including phenoxy) is 2. The molecule has 0 aliphatic rings. The van der Waals surface area contributed by atoms with Gasteiger partial charge in [0.2, 0.25) is 0 Å². The van der Waals surface area contributed by atoms with Gasteiger partial charge in [0.05, 0.1) is 13.2 Å². The third-order valence-corrected chi connectivity index (χ3v) is 4.09. The van der Waals surface area contributed by atoms with Gasteiger partial charge in [0, 0.05) is 30.5 Å². The molecule has 0 bridgehead atoms. The number of anilines is 1. The number of hydrogen-bond donors (Lipinski definition) is 3. The molecule has 0 saturated heterocycles. The molecule has 0 fully saturated rings. The van der Waals surface area contributed by atoms with E-state index >= 15 is 0 Å². The second-order valence-corrected chi connectivity index (χ2v) is 7.38. The SMILES string of the molecule is COCCNC(=O)c1cccc(NC(=S)NC(=O)c2cccc(OCC(C)C)c2)c1. The Kier molecular flexibility index (Phi) is 9.24. The number of amides is 2. The van der Waals surface area contributed by atoms with E-state index in [2.05, 4.69) is 29.8 Å². The fourth-order valence-corrected chi connectivity index (χ4v) is 2.65. The van der Waals surface area contributed by atoms with Crippen LogP contribution in [0.3, 0.4) is 0 Å². The van der Waals surface area contributed by atoms with Crippen LogP contribution in [0.2, 0.25) is 0 Å². The summed E-state index contributed by atoms with van der Waals surface area (Å²) in [6.07, 6.45) is 0. The summed E-state index contributed by atoms with van der Waals surface area (Å²) >= 11 is 5.23. The quantitative estimate of drug-likeness (QED) is 0.419. The first-order chi connectivity index (χ1) is 14.4. The lowest BCUT2D eigenvalue weighted by Crippen LogP contribution is -2.34. The molecule has 0 radical (unpaired) electrons. The fraction of sp³-hybridized carbons (Fsp3) is 0.318. The van der Waals surface area contributed by atoms with Crippen molar-refractivity contribution in [2.24, 2.45) is 5.92 Å². The van der Waals surface area contributed by atoms with E-state index < -0.39 is 0 Å². The van der Waals surface area contributed by atoms with E-state index in [9.17, 15) is 9.59 Å². The monoisotopic (exact) mass is 429 g/mol. The Morgan fingerprint density at radius 3 is 2.43 bits per heavy atom. The highest BCUT2D eigenvalue weighted by Crippen LogP contribution is 2.15. The average Bonchev–Trinajstić information content (AvgIpc) is 2.72. The topological polar surface area (TPSA) is 88.7 Å². The van der Waals surface area contributed by atoms with Gasteiger partial charge in [0.15, 0.2) is 5.11 Å². The van der Waals surface area contributed by atoms with Crippen molar-refractivity contribution >= 4 is 34.8 Å². The van der Waals surface area contributed by atoms with Gasteiger partial charge < -0.3 is 20.1 Å². The molecule has 0 aliphatic carbocycles. The van der Waals surface area contributed by atoms with Gasteiger partial charge >= 0.3 is 0 Å². The second-order valence-electron chi connectivity index (χ2n) is 6.97. The van der Waals surface area contributed by atoms with E-state index in [-0.39, 0.29) is 16.9 Å². The lowest BCUT2D eigenvalue weighted by Gasteiger charge is -2.12. The third-order valence-electron chi connectivity index (χ3n) is 3.88. The molecule has 0 spiro atoms. The molecule has 2 aromatic rings. The van der Waals surface area contributed by atoms with E-state index in [1.165, 1.54) is 0 Å². The Hall–Kier alpha value is -2.97. The Balaban J connectivity index is 1.94. The van der Waals surface area contributed by atoms with Crippen molar-refractivity contribution in [1.82, 2.24) is 10.6 Å². The summed E-state index contributed by atoms with van der Waals surface area (Å²) in [4.78, 5) is 24.6. The average molecular weight is 430 g/mol. The van der Waals surface area contributed by atoms with Crippen LogP contribution in [-0.2, 0) is 4.74 Å². The maximum Gasteiger partial charge on any atom is 0.257 e. The highest BCUT2D eigenvalue weighted by Gasteiger charge is 2.11. The molecule has 0 aliphatic heterocycles. The van der Waals surface area contributed by atoms with E-state index in [1.807, 2.05) is 0 Å². The zero-order chi connectivity index (χ0) is 21.9. The molecule has 0 saturated carbocycles. The van der Waals surface area contributed by atoms with Crippen molar-refractivity contribution in [3.63, 3.8) is 0 Å². The highest BCUT2D eigenvalue weighted by atomic mass is 32.1. The molecule has 30 heavy (non-hydrogen) atoms. The van der Waals surface area contributed by atoms with Gasteiger partial charge in [0.25, 0.3) is 11.8 Å². The molecule has 0 aromatic heterocycles. The van der Waals surface area contributed by atoms with Crippen molar-refractivity contribution in [2.75, 3.05) is 32.2 Å². The van der Waals surface area contributed by atoms with Gasteiger partial charge in [-0.2, -0.15) is 0 Å². The highest BCUT2D eigenvalue weighted by molar-refractivity contribution is 7.80. The first-order valence-corrected chi connectivity index (χ1v) is 10.0. The van der Waals surface area contributed by atoms with Crippen molar-refractivity contribution in [1.29, 1.82) is 0 Å². The lowest BCUT2D eigenvalue weighted by atomic mass is 10.2. The molecule has 0 unspecified atom stereocenters. The summed E-state index contributed by atoms with van der Waals surface area (Å²) < 4.78 is 10.6. The van der Waals surface area contributed by atoms with Crippen LogP contribution in [0.1, 0.15) is 34.6 Å². The van der Waals surface area contributed by atoms with Gasteiger partial charge in [-0.05, 0) is 54.5 Å². The standard InChI is InChI=1S/C22H27N3O4S/c1-15(2)14-29-19-9-5-7-17(13-19)21(27)25-22(30)24-18-8-4-6-16(12-18)20(26)23-10-11-28-3/h4-9,12-13,15H,10-11,14H2,1-3H3,(H,23,26)(H2,24,25,27,30). The molecular weight excluding hydrogens is 402 g/mol. The van der Waals surface area contributed by atoms with Gasteiger partial charge in [-0.1, -0.05) is 26.0 Å². The number of rotatable bonds is 9. The lowest BCUT2D eigenvalue weighted by molar-refractivity contribution is 0.0935. The van der Waals surface area contributed by atoms with Crippen molar-refractivity contribution < 1.29 is 19.1 Å². The summed E-state index contributed by atoms with van der Waals surface area (Å²) in [5.74, 6) is 0.444. The molecule has 0 atom stereocenters. The number of carbonyl (C=O) groups is 2. The van der Waals surface area contributed by atoms with Crippen LogP contribution in [0.25, 0.3) is 0 Å². The zero-order valence-corrected chi connectivity index (χ0v) is 18.2. The molecule has 3 N–H and O–H groups in total. The minimum Gasteiger partial charge on any atom is -0.493 e. The summed E-state index contributed by atoms with van der Waals surface area (Å²) in [6.45, 7) is 5.53. The van der Waals surface area contributed by atoms with Crippen LogP contribution in [0.4, 0.5) is 5.69 Å². The predicted molar refractivity (Wildman–Crippen MR) is 121 cm³/mol. The maximum absolute atomic E-state index is 12.5. The number of nitrogens with one attached hydrogen (secondary N) is 3. The molecular formula is C22H27N3O4S. The van der Waals surface area contributed by atoms with Crippen molar-refractivity contribution in [3.05, 3.63) is 59.7 Å². The number of methoxy groups -OCH3 is 1. The van der Waals surface area contributed by atoms with Crippen LogP contribution in [0.15, 0.2) is 48.5 Å². The molecule has 2 aromatic carbocycles. The minimum absolute atomic E-state index is 0.130. The van der Waals surface area contributed by atoms with E-state index in [4.69, 9.17) is 21.7 Å². The Morgan fingerprint density at radius 2 is 1.73 bits per heavy atom. The Labute approximate surface area is 182 Å². The van der Waals surface area contributed by atoms with Crippen LogP contribution < -0.4 is 20.7 Å². The normalized spacial score (nSPS) is 10.4. The van der Waals surface area contributed by atoms with E-state index in [1.54, 1.807) is 55.6 Å². The number of hydrogen-bond acceptors (Lipinski definition) is 5. The summed E-state index contributed by atoms with van der Waals surface area (Å²) in [5, 5.41) is 8.44. The maximum atomic E-state index is 12.5. The molecule has 2 amide bonds.